The second-order valence-electron chi connectivity index (χ2n) is 7.64. The normalized spacial score (nSPS) is 10.8. The lowest BCUT2D eigenvalue weighted by Crippen LogP contribution is -2.30. The van der Waals surface area contributed by atoms with E-state index in [0.717, 1.165) is 10.5 Å². The maximum absolute atomic E-state index is 13.5. The van der Waals surface area contributed by atoms with Gasteiger partial charge in [0.2, 0.25) is 0 Å². The van der Waals surface area contributed by atoms with Crippen molar-refractivity contribution >= 4 is 23.6 Å². The molecule has 4 rings (SSSR count). The number of aromatic nitrogens is 4. The molecule has 2 aromatic carbocycles. The second-order valence-corrected chi connectivity index (χ2v) is 7.64. The molecule has 2 aromatic heterocycles. The maximum Gasteiger partial charge on any atom is 0.349 e. The van der Waals surface area contributed by atoms with Crippen LogP contribution < -0.4 is 16.3 Å². The summed E-state index contributed by atoms with van der Waals surface area (Å²) in [5, 5.41) is 20.2. The fourth-order valence-electron chi connectivity index (χ4n) is 3.33. The molecule has 12 heteroatoms. The van der Waals surface area contributed by atoms with Gasteiger partial charge in [-0.3, -0.25) is 9.59 Å². The predicted octanol–water partition coefficient (Wildman–Crippen LogP) is 1.42. The zero-order valence-electron chi connectivity index (χ0n) is 18.3. The monoisotopic (exact) mass is 478 g/mol. The summed E-state index contributed by atoms with van der Waals surface area (Å²) in [4.78, 5) is 52.8. The fourth-order valence-corrected chi connectivity index (χ4v) is 3.33. The highest BCUT2D eigenvalue weighted by Gasteiger charge is 2.19. The number of fused-ring (bicyclic) bond motifs is 1. The predicted molar refractivity (Wildman–Crippen MR) is 120 cm³/mol. The molecule has 0 aliphatic heterocycles. The van der Waals surface area contributed by atoms with Gasteiger partial charge in [-0.1, -0.05) is 24.3 Å². The number of aromatic carboxylic acids is 1. The highest BCUT2D eigenvalue weighted by atomic mass is 19.1. The molecule has 0 aliphatic carbocycles. The number of carbonyl (C=O) groups is 3. The van der Waals surface area contributed by atoms with Crippen molar-refractivity contribution in [1.29, 1.82) is 0 Å². The quantitative estimate of drug-likeness (QED) is 0.313. The van der Waals surface area contributed by atoms with Crippen LogP contribution in [0, 0.1) is 12.7 Å². The largest absolute Gasteiger partial charge is 0.478 e. The van der Waals surface area contributed by atoms with Crippen LogP contribution in [0.25, 0.3) is 5.78 Å². The zero-order valence-corrected chi connectivity index (χ0v) is 18.3. The molecule has 0 saturated carbocycles. The van der Waals surface area contributed by atoms with E-state index in [1.807, 2.05) is 0 Å². The highest BCUT2D eigenvalue weighted by Crippen LogP contribution is 2.10. The molecule has 0 spiro atoms. The summed E-state index contributed by atoms with van der Waals surface area (Å²) in [6, 6.07) is 11.5. The smallest absolute Gasteiger partial charge is 0.349 e. The Labute approximate surface area is 196 Å². The number of carboxylic acids is 1. The standard InChI is InChI=1S/C23H19FN6O5/c1-12-8-14(4-7-16(12)24)11-25-19(31)17-9-18(30-22(27-17)28-29-23(30)35)20(32)26-10-13-2-5-15(6-3-13)21(33)34/h2-9H,10-11H2,1H3,(H,25,31)(H,26,32)(H,29,35)(H,33,34). The third-order valence-electron chi connectivity index (χ3n) is 5.18. The molecule has 11 nitrogen and oxygen atoms in total. The van der Waals surface area contributed by atoms with Crippen LogP contribution >= 0.6 is 0 Å². The van der Waals surface area contributed by atoms with Gasteiger partial charge in [-0.25, -0.2) is 28.5 Å². The molecule has 0 aliphatic rings. The molecule has 0 unspecified atom stereocenters. The number of carboxylic acid groups (broad SMARTS) is 1. The number of nitrogens with one attached hydrogen (secondary N) is 3. The molecule has 0 radical (unpaired) electrons. The molecular formula is C23H19FN6O5. The number of aryl methyl sites for hydroxylation is 1. The summed E-state index contributed by atoms with van der Waals surface area (Å²) in [5.74, 6) is -2.89. The van der Waals surface area contributed by atoms with Crippen molar-refractivity contribution in [1.82, 2.24) is 30.2 Å². The van der Waals surface area contributed by atoms with Crippen LogP contribution in [0.2, 0.25) is 0 Å². The maximum atomic E-state index is 13.5. The molecule has 0 atom stereocenters. The van der Waals surface area contributed by atoms with Gasteiger partial charge >= 0.3 is 11.7 Å². The Kier molecular flexibility index (Phi) is 6.36. The molecule has 4 aromatic rings. The van der Waals surface area contributed by atoms with Crippen LogP contribution in [0.1, 0.15) is 48.0 Å². The minimum Gasteiger partial charge on any atom is -0.478 e. The number of amides is 2. The first-order chi connectivity index (χ1) is 16.7. The van der Waals surface area contributed by atoms with Crippen LogP contribution in [-0.2, 0) is 13.1 Å². The molecule has 0 bridgehead atoms. The lowest BCUT2D eigenvalue weighted by molar-refractivity contribution is 0.0696. The number of aromatic amines is 1. The minimum absolute atomic E-state index is 0.0423. The van der Waals surface area contributed by atoms with E-state index in [9.17, 15) is 23.6 Å². The van der Waals surface area contributed by atoms with E-state index >= 15 is 0 Å². The summed E-state index contributed by atoms with van der Waals surface area (Å²) in [5.41, 5.74) is 0.806. The highest BCUT2D eigenvalue weighted by molar-refractivity contribution is 5.98. The van der Waals surface area contributed by atoms with Crippen molar-refractivity contribution < 1.29 is 23.9 Å². The minimum atomic E-state index is -1.07. The van der Waals surface area contributed by atoms with Gasteiger partial charge in [-0.2, -0.15) is 0 Å². The number of hydrogen-bond acceptors (Lipinski definition) is 6. The van der Waals surface area contributed by atoms with Gasteiger partial charge in [0.1, 0.15) is 17.2 Å². The average molecular weight is 478 g/mol. The van der Waals surface area contributed by atoms with E-state index in [-0.39, 0.29) is 41.6 Å². The van der Waals surface area contributed by atoms with Crippen molar-refractivity contribution in [3.8, 4) is 0 Å². The summed E-state index contributed by atoms with van der Waals surface area (Å²) < 4.78 is 14.4. The molecule has 2 amide bonds. The van der Waals surface area contributed by atoms with Crippen LogP contribution in [0.15, 0.2) is 53.3 Å². The lowest BCUT2D eigenvalue weighted by atomic mass is 10.1. The summed E-state index contributed by atoms with van der Waals surface area (Å²) in [6.45, 7) is 1.74. The van der Waals surface area contributed by atoms with Gasteiger partial charge in [0.05, 0.1) is 5.56 Å². The Bertz CT molecular complexity index is 1510. The molecule has 35 heavy (non-hydrogen) atoms. The Morgan fingerprint density at radius 3 is 2.34 bits per heavy atom. The van der Waals surface area contributed by atoms with Crippen molar-refractivity contribution in [3.63, 3.8) is 0 Å². The van der Waals surface area contributed by atoms with E-state index in [1.54, 1.807) is 25.1 Å². The van der Waals surface area contributed by atoms with Gasteiger partial charge in [-0.15, -0.1) is 5.10 Å². The van der Waals surface area contributed by atoms with E-state index in [0.29, 0.717) is 16.7 Å². The number of halogens is 1. The van der Waals surface area contributed by atoms with Gasteiger partial charge in [-0.05, 0) is 47.9 Å². The number of rotatable bonds is 7. The SMILES string of the molecule is Cc1cc(CNC(=O)c2cc(C(=O)NCc3ccc(C(=O)O)cc3)n3c(=O)[nH]nc3n2)ccc1F. The molecular weight excluding hydrogens is 459 g/mol. The van der Waals surface area contributed by atoms with Gasteiger partial charge in [0.15, 0.2) is 0 Å². The third kappa shape index (κ3) is 5.05. The Morgan fingerprint density at radius 2 is 1.66 bits per heavy atom. The van der Waals surface area contributed by atoms with E-state index < -0.39 is 23.5 Å². The van der Waals surface area contributed by atoms with E-state index in [4.69, 9.17) is 5.11 Å². The second kappa shape index (κ2) is 9.55. The Balaban J connectivity index is 1.54. The molecule has 0 saturated heterocycles. The Hall–Kier alpha value is -4.87. The fraction of sp³-hybridized carbons (Fsp3) is 0.130. The molecule has 0 fully saturated rings. The Morgan fingerprint density at radius 1 is 1.00 bits per heavy atom. The van der Waals surface area contributed by atoms with Crippen LogP contribution in [0.5, 0.6) is 0 Å². The molecule has 2 heterocycles. The number of carbonyl (C=O) groups excluding carboxylic acids is 2. The van der Waals surface area contributed by atoms with Crippen LogP contribution in [0.3, 0.4) is 0 Å². The van der Waals surface area contributed by atoms with Gasteiger partial charge in [0, 0.05) is 13.1 Å². The first-order valence-corrected chi connectivity index (χ1v) is 10.3. The van der Waals surface area contributed by atoms with Crippen molar-refractivity contribution in [2.45, 2.75) is 20.0 Å². The number of hydrogen-bond donors (Lipinski definition) is 4. The molecule has 178 valence electrons. The zero-order chi connectivity index (χ0) is 25.1. The topological polar surface area (TPSA) is 159 Å². The average Bonchev–Trinajstić information content (AvgIpc) is 3.23. The number of nitrogens with zero attached hydrogens (tertiary/aromatic N) is 3. The van der Waals surface area contributed by atoms with Crippen molar-refractivity contribution in [2.75, 3.05) is 0 Å². The third-order valence-corrected chi connectivity index (χ3v) is 5.18. The van der Waals surface area contributed by atoms with Crippen LogP contribution in [0.4, 0.5) is 4.39 Å². The van der Waals surface area contributed by atoms with Gasteiger partial charge < -0.3 is 15.7 Å². The van der Waals surface area contributed by atoms with Crippen molar-refractivity contribution in [2.24, 2.45) is 0 Å². The number of benzene rings is 2. The summed E-state index contributed by atoms with van der Waals surface area (Å²) in [6.07, 6.45) is 0. The summed E-state index contributed by atoms with van der Waals surface area (Å²) >= 11 is 0. The molecule has 4 N–H and O–H groups in total. The van der Waals surface area contributed by atoms with E-state index in [1.165, 1.54) is 24.3 Å². The van der Waals surface area contributed by atoms with Crippen LogP contribution in [-0.4, -0.2) is 42.5 Å². The number of H-pyrrole nitrogens is 1. The first-order valence-electron chi connectivity index (χ1n) is 10.3. The van der Waals surface area contributed by atoms with E-state index in [2.05, 4.69) is 25.8 Å². The van der Waals surface area contributed by atoms with Gasteiger partial charge in [0.25, 0.3) is 17.6 Å². The lowest BCUT2D eigenvalue weighted by Gasteiger charge is -2.10. The summed E-state index contributed by atoms with van der Waals surface area (Å²) in [7, 11) is 0. The van der Waals surface area contributed by atoms with Crippen molar-refractivity contribution in [3.05, 3.63) is 98.5 Å². The first kappa shape index (κ1) is 23.3.